The van der Waals surface area contributed by atoms with Crippen molar-refractivity contribution >= 4 is 9.39 Å². The third kappa shape index (κ3) is 2.56. The number of hydrogen-bond acceptors (Lipinski definition) is 3. The summed E-state index contributed by atoms with van der Waals surface area (Å²) in [7, 11) is 2.80. The maximum absolute atomic E-state index is 4.57. The van der Waals surface area contributed by atoms with Gasteiger partial charge in [0.2, 0.25) is 0 Å². The van der Waals surface area contributed by atoms with Crippen LogP contribution >= 0.6 is 9.39 Å². The van der Waals surface area contributed by atoms with Crippen molar-refractivity contribution in [1.82, 2.24) is 19.9 Å². The Morgan fingerprint density at radius 1 is 1.26 bits per heavy atom. The highest BCUT2D eigenvalue weighted by Gasteiger charge is 2.24. The van der Waals surface area contributed by atoms with E-state index in [-0.39, 0.29) is 0 Å². The molecule has 1 N–H and O–H groups in total. The average Bonchev–Trinajstić information content (AvgIpc) is 2.82. The van der Waals surface area contributed by atoms with Gasteiger partial charge < -0.3 is 0 Å². The van der Waals surface area contributed by atoms with Crippen molar-refractivity contribution in [2.75, 3.05) is 13.1 Å². The lowest BCUT2D eigenvalue weighted by atomic mass is 9.89. The topological polar surface area (TPSA) is 44.8 Å². The van der Waals surface area contributed by atoms with Gasteiger partial charge in [-0.3, -0.25) is 14.8 Å². The maximum atomic E-state index is 4.57. The van der Waals surface area contributed by atoms with Gasteiger partial charge in [-0.15, -0.1) is 0 Å². The standard InChI is InChI=1S/C14H19N4P/c1-10-13(11-2-6-15-7-3-11)14(17-16-10)12-4-8-18(19)9-5-12/h2-3,6-7,12H,4-5,8-9,19H2,1H3,(H,16,17). The van der Waals surface area contributed by atoms with Crippen LogP contribution in [0.2, 0.25) is 0 Å². The van der Waals surface area contributed by atoms with Gasteiger partial charge >= 0.3 is 0 Å². The molecule has 2 aromatic rings. The molecule has 0 bridgehead atoms. The van der Waals surface area contributed by atoms with Crippen LogP contribution in [0.25, 0.3) is 11.1 Å². The summed E-state index contributed by atoms with van der Waals surface area (Å²) in [5, 5.41) is 7.73. The second-order valence-corrected chi connectivity index (χ2v) is 5.89. The zero-order valence-electron chi connectivity index (χ0n) is 11.1. The molecule has 5 heteroatoms. The summed E-state index contributed by atoms with van der Waals surface area (Å²) in [4.78, 5) is 4.10. The van der Waals surface area contributed by atoms with Crippen molar-refractivity contribution in [2.45, 2.75) is 25.7 Å². The van der Waals surface area contributed by atoms with Gasteiger partial charge in [0.15, 0.2) is 0 Å². The van der Waals surface area contributed by atoms with Gasteiger partial charge in [0.25, 0.3) is 0 Å². The number of hydrogen-bond donors (Lipinski definition) is 1. The minimum atomic E-state index is 0.560. The van der Waals surface area contributed by atoms with Gasteiger partial charge in [-0.25, -0.2) is 0 Å². The van der Waals surface area contributed by atoms with Gasteiger partial charge in [0.05, 0.1) is 5.69 Å². The molecule has 1 fully saturated rings. The van der Waals surface area contributed by atoms with Crippen molar-refractivity contribution in [3.63, 3.8) is 0 Å². The van der Waals surface area contributed by atoms with Gasteiger partial charge in [0.1, 0.15) is 0 Å². The van der Waals surface area contributed by atoms with E-state index in [0.717, 1.165) is 18.8 Å². The Morgan fingerprint density at radius 3 is 2.63 bits per heavy atom. The van der Waals surface area contributed by atoms with E-state index in [4.69, 9.17) is 0 Å². The molecule has 19 heavy (non-hydrogen) atoms. The van der Waals surface area contributed by atoms with Crippen LogP contribution in [0, 0.1) is 6.92 Å². The quantitative estimate of drug-likeness (QED) is 0.856. The predicted molar refractivity (Wildman–Crippen MR) is 79.8 cm³/mol. The second-order valence-electron chi connectivity index (χ2n) is 5.15. The fourth-order valence-electron chi connectivity index (χ4n) is 2.80. The largest absolute Gasteiger partial charge is 0.287 e. The highest BCUT2D eigenvalue weighted by atomic mass is 31.0. The van der Waals surface area contributed by atoms with Crippen LogP contribution in [-0.2, 0) is 0 Å². The van der Waals surface area contributed by atoms with Crippen LogP contribution in [0.15, 0.2) is 24.5 Å². The smallest absolute Gasteiger partial charge is 0.0735 e. The fourth-order valence-corrected chi connectivity index (χ4v) is 3.10. The first kappa shape index (κ1) is 12.8. The lowest BCUT2D eigenvalue weighted by Crippen LogP contribution is -2.25. The fraction of sp³-hybridized carbons (Fsp3) is 0.429. The Balaban J connectivity index is 1.95. The number of H-pyrrole nitrogens is 1. The highest BCUT2D eigenvalue weighted by molar-refractivity contribution is 7.13. The molecule has 0 aromatic carbocycles. The molecule has 1 aliphatic rings. The van der Waals surface area contributed by atoms with Crippen LogP contribution in [0.3, 0.4) is 0 Å². The first-order valence-electron chi connectivity index (χ1n) is 6.70. The zero-order valence-corrected chi connectivity index (χ0v) is 12.3. The van der Waals surface area contributed by atoms with Crippen LogP contribution in [-0.4, -0.2) is 32.9 Å². The third-order valence-electron chi connectivity index (χ3n) is 3.86. The van der Waals surface area contributed by atoms with Crippen molar-refractivity contribution in [3.05, 3.63) is 35.9 Å². The molecule has 0 spiro atoms. The lowest BCUT2D eigenvalue weighted by Gasteiger charge is -2.28. The van der Waals surface area contributed by atoms with Crippen LogP contribution in [0.4, 0.5) is 0 Å². The van der Waals surface area contributed by atoms with Crippen LogP contribution < -0.4 is 0 Å². The Morgan fingerprint density at radius 2 is 1.95 bits per heavy atom. The average molecular weight is 274 g/mol. The molecule has 1 saturated heterocycles. The number of piperidine rings is 1. The molecule has 4 nitrogen and oxygen atoms in total. The predicted octanol–water partition coefficient (Wildman–Crippen LogP) is 2.75. The molecule has 1 unspecified atom stereocenters. The van der Waals surface area contributed by atoms with E-state index in [0.29, 0.717) is 5.92 Å². The highest BCUT2D eigenvalue weighted by Crippen LogP contribution is 2.35. The van der Waals surface area contributed by atoms with E-state index < -0.39 is 0 Å². The molecule has 0 radical (unpaired) electrons. The minimum Gasteiger partial charge on any atom is -0.287 e. The molecule has 1 aliphatic heterocycles. The number of aromatic amines is 1. The number of rotatable bonds is 2. The van der Waals surface area contributed by atoms with Gasteiger partial charge in [0, 0.05) is 42.7 Å². The molecule has 0 saturated carbocycles. The molecule has 2 aromatic heterocycles. The third-order valence-corrected chi connectivity index (χ3v) is 4.38. The van der Waals surface area contributed by atoms with E-state index in [9.17, 15) is 0 Å². The Bertz CT molecular complexity index is 544. The van der Waals surface area contributed by atoms with Crippen molar-refractivity contribution in [2.24, 2.45) is 0 Å². The van der Waals surface area contributed by atoms with E-state index in [1.54, 1.807) is 0 Å². The summed E-state index contributed by atoms with van der Waals surface area (Å²) in [5.74, 6) is 0.560. The summed E-state index contributed by atoms with van der Waals surface area (Å²) >= 11 is 0. The summed E-state index contributed by atoms with van der Waals surface area (Å²) in [5.41, 5.74) is 4.85. The first-order valence-corrected chi connectivity index (χ1v) is 7.22. The van der Waals surface area contributed by atoms with Crippen molar-refractivity contribution < 1.29 is 0 Å². The van der Waals surface area contributed by atoms with Gasteiger partial charge in [-0.05, 0) is 37.5 Å². The van der Waals surface area contributed by atoms with E-state index in [2.05, 4.69) is 48.3 Å². The van der Waals surface area contributed by atoms with Gasteiger partial charge in [-0.1, -0.05) is 9.39 Å². The van der Waals surface area contributed by atoms with Gasteiger partial charge in [-0.2, -0.15) is 5.10 Å². The van der Waals surface area contributed by atoms with Crippen LogP contribution in [0.5, 0.6) is 0 Å². The molecule has 3 heterocycles. The molecule has 1 atom stereocenters. The lowest BCUT2D eigenvalue weighted by molar-refractivity contribution is 0.342. The summed E-state index contributed by atoms with van der Waals surface area (Å²) in [6, 6.07) is 4.12. The maximum Gasteiger partial charge on any atom is 0.0735 e. The Hall–Kier alpha value is -1.25. The zero-order chi connectivity index (χ0) is 13.2. The number of pyridine rings is 1. The molecule has 0 amide bonds. The van der Waals surface area contributed by atoms with Crippen molar-refractivity contribution in [1.29, 1.82) is 0 Å². The molecular formula is C14H19N4P. The number of nitrogens with zero attached hydrogens (tertiary/aromatic N) is 3. The van der Waals surface area contributed by atoms with E-state index in [1.807, 2.05) is 12.4 Å². The molecule has 0 aliphatic carbocycles. The van der Waals surface area contributed by atoms with Crippen LogP contribution in [0.1, 0.15) is 30.1 Å². The van der Waals surface area contributed by atoms with E-state index in [1.165, 1.54) is 29.7 Å². The molecule has 100 valence electrons. The molecule has 3 rings (SSSR count). The first-order chi connectivity index (χ1) is 9.25. The molecular weight excluding hydrogens is 255 g/mol. The number of aromatic nitrogens is 3. The monoisotopic (exact) mass is 274 g/mol. The number of nitrogens with one attached hydrogen (secondary N) is 1. The Kier molecular flexibility index (Phi) is 3.63. The SMILES string of the molecule is Cc1[nH]nc(C2CCN(P)CC2)c1-c1ccncc1. The summed E-state index contributed by atoms with van der Waals surface area (Å²) < 4.78 is 2.31. The van der Waals surface area contributed by atoms with E-state index >= 15 is 0 Å². The Labute approximate surface area is 115 Å². The minimum absolute atomic E-state index is 0.560. The number of aryl methyl sites for hydroxylation is 1. The normalized spacial score (nSPS) is 17.8. The summed E-state index contributed by atoms with van der Waals surface area (Å²) in [6.45, 7) is 4.34. The summed E-state index contributed by atoms with van der Waals surface area (Å²) in [6.07, 6.45) is 6.03. The second kappa shape index (κ2) is 5.40. The van der Waals surface area contributed by atoms with Crippen molar-refractivity contribution in [3.8, 4) is 11.1 Å².